The first-order valence-electron chi connectivity index (χ1n) is 3.97. The number of benzene rings is 1. The van der Waals surface area contributed by atoms with Gasteiger partial charge in [0.1, 0.15) is 0 Å². The quantitative estimate of drug-likeness (QED) is 0.842. The van der Waals surface area contributed by atoms with E-state index in [-0.39, 0.29) is 12.6 Å². The van der Waals surface area contributed by atoms with Crippen LogP contribution in [-0.2, 0) is 0 Å². The predicted octanol–water partition coefficient (Wildman–Crippen LogP) is 2.33. The van der Waals surface area contributed by atoms with E-state index in [1.807, 2.05) is 18.2 Å². The molecule has 0 unspecified atom stereocenters. The van der Waals surface area contributed by atoms with E-state index in [0.29, 0.717) is 11.4 Å². The predicted molar refractivity (Wildman–Crippen MR) is 62.8 cm³/mol. The lowest BCUT2D eigenvalue weighted by Crippen LogP contribution is -2.13. The Kier molecular flexibility index (Phi) is 4.45. The summed E-state index contributed by atoms with van der Waals surface area (Å²) in [5.74, 6) is 0. The Hall–Kier alpha value is 0.160. The van der Waals surface area contributed by atoms with Crippen LogP contribution in [0.3, 0.4) is 0 Å². The van der Waals surface area contributed by atoms with Gasteiger partial charge in [-0.15, -0.1) is 0 Å². The van der Waals surface area contributed by atoms with E-state index < -0.39 is 0 Å². The van der Waals surface area contributed by atoms with Gasteiger partial charge in [0.15, 0.2) is 0 Å². The Morgan fingerprint density at radius 2 is 2.23 bits per heavy atom. The molecule has 0 aromatic heterocycles. The second kappa shape index (κ2) is 5.14. The molecule has 2 nitrogen and oxygen atoms in total. The zero-order valence-corrected chi connectivity index (χ0v) is 9.92. The molecule has 0 aliphatic heterocycles. The first-order valence-corrected chi connectivity index (χ1v) is 5.43. The van der Waals surface area contributed by atoms with Gasteiger partial charge >= 0.3 is 0 Å². The van der Waals surface area contributed by atoms with Crippen LogP contribution in [0.5, 0.6) is 0 Å². The van der Waals surface area contributed by atoms with Crippen molar-refractivity contribution < 1.29 is 5.11 Å². The average molecular weight is 312 g/mol. The standard InChI is InChI=1S/C9H11ClINO/c10-6-2-1-3-7(11)9(6)8(12)4-5-13/h1-3,8,13H,4-5,12H2/t8-/m0/s1. The number of halogens is 2. The second-order valence-electron chi connectivity index (χ2n) is 2.75. The van der Waals surface area contributed by atoms with Crippen molar-refractivity contribution in [1.29, 1.82) is 0 Å². The van der Waals surface area contributed by atoms with E-state index in [4.69, 9.17) is 22.4 Å². The van der Waals surface area contributed by atoms with Gasteiger partial charge in [-0.1, -0.05) is 17.7 Å². The molecule has 0 spiro atoms. The fourth-order valence-electron chi connectivity index (χ4n) is 1.15. The summed E-state index contributed by atoms with van der Waals surface area (Å²) >= 11 is 8.19. The van der Waals surface area contributed by atoms with Gasteiger partial charge in [0.2, 0.25) is 0 Å². The fraction of sp³-hybridized carbons (Fsp3) is 0.333. The summed E-state index contributed by atoms with van der Waals surface area (Å²) in [6, 6.07) is 5.49. The zero-order chi connectivity index (χ0) is 9.84. The maximum atomic E-state index is 8.75. The molecule has 3 N–H and O–H groups in total. The molecule has 0 heterocycles. The molecule has 0 saturated carbocycles. The lowest BCUT2D eigenvalue weighted by atomic mass is 10.1. The number of aliphatic hydroxyl groups excluding tert-OH is 1. The molecule has 4 heteroatoms. The van der Waals surface area contributed by atoms with Crippen LogP contribution in [0.2, 0.25) is 5.02 Å². The van der Waals surface area contributed by atoms with Crippen molar-refractivity contribution in [3.8, 4) is 0 Å². The van der Waals surface area contributed by atoms with Crippen LogP contribution in [0.25, 0.3) is 0 Å². The molecule has 0 aliphatic carbocycles. The Bertz CT molecular complexity index is 273. The highest BCUT2D eigenvalue weighted by atomic mass is 127. The van der Waals surface area contributed by atoms with E-state index in [1.165, 1.54) is 0 Å². The SMILES string of the molecule is N[C@@H](CCO)c1c(Cl)cccc1I. The van der Waals surface area contributed by atoms with Crippen molar-refractivity contribution in [1.82, 2.24) is 0 Å². The van der Waals surface area contributed by atoms with Crippen LogP contribution in [0.1, 0.15) is 18.0 Å². The van der Waals surface area contributed by atoms with Crippen LogP contribution in [0.4, 0.5) is 0 Å². The molecule has 0 radical (unpaired) electrons. The van der Waals surface area contributed by atoms with E-state index in [9.17, 15) is 0 Å². The topological polar surface area (TPSA) is 46.2 Å². The van der Waals surface area contributed by atoms with Crippen LogP contribution in [0, 0.1) is 3.57 Å². The third kappa shape index (κ3) is 2.80. The van der Waals surface area contributed by atoms with E-state index in [0.717, 1.165) is 9.13 Å². The molecular formula is C9H11ClINO. The number of rotatable bonds is 3. The Balaban J connectivity index is 2.98. The lowest BCUT2D eigenvalue weighted by molar-refractivity contribution is 0.276. The summed E-state index contributed by atoms with van der Waals surface area (Å²) in [6.07, 6.45) is 0.541. The van der Waals surface area contributed by atoms with Gasteiger partial charge in [0.25, 0.3) is 0 Å². The minimum absolute atomic E-state index is 0.0858. The molecule has 13 heavy (non-hydrogen) atoms. The summed E-state index contributed by atoms with van der Waals surface area (Å²) in [4.78, 5) is 0. The van der Waals surface area contributed by atoms with Gasteiger partial charge in [0.05, 0.1) is 0 Å². The lowest BCUT2D eigenvalue weighted by Gasteiger charge is -2.13. The van der Waals surface area contributed by atoms with Crippen LogP contribution in [0.15, 0.2) is 18.2 Å². The molecule has 0 saturated heterocycles. The number of hydrogen-bond acceptors (Lipinski definition) is 2. The molecular weight excluding hydrogens is 300 g/mol. The maximum absolute atomic E-state index is 8.75. The first-order chi connectivity index (χ1) is 6.16. The number of nitrogens with two attached hydrogens (primary N) is 1. The molecule has 1 atom stereocenters. The molecule has 0 bridgehead atoms. The molecule has 1 aromatic rings. The minimum atomic E-state index is -0.175. The summed E-state index contributed by atoms with van der Waals surface area (Å²) in [5, 5.41) is 9.43. The van der Waals surface area contributed by atoms with Gasteiger partial charge in [-0.3, -0.25) is 0 Å². The smallest absolute Gasteiger partial charge is 0.0464 e. The normalized spacial score (nSPS) is 12.9. The summed E-state index contributed by atoms with van der Waals surface area (Å²) < 4.78 is 1.05. The van der Waals surface area contributed by atoms with Gasteiger partial charge in [0, 0.05) is 26.8 Å². The van der Waals surface area contributed by atoms with Gasteiger partial charge in [-0.05, 0) is 41.1 Å². The monoisotopic (exact) mass is 311 g/mol. The van der Waals surface area contributed by atoms with E-state index >= 15 is 0 Å². The van der Waals surface area contributed by atoms with Crippen molar-refractivity contribution in [3.05, 3.63) is 32.4 Å². The highest BCUT2D eigenvalue weighted by Gasteiger charge is 2.12. The zero-order valence-electron chi connectivity index (χ0n) is 7.00. The van der Waals surface area contributed by atoms with Crippen molar-refractivity contribution in [2.45, 2.75) is 12.5 Å². The Labute approximate surface area is 96.2 Å². The molecule has 0 aliphatic rings. The second-order valence-corrected chi connectivity index (χ2v) is 4.32. The average Bonchev–Trinajstić information content (AvgIpc) is 2.04. The van der Waals surface area contributed by atoms with Crippen molar-refractivity contribution in [3.63, 3.8) is 0 Å². The molecule has 1 aromatic carbocycles. The Morgan fingerprint density at radius 1 is 1.54 bits per heavy atom. The number of hydrogen-bond donors (Lipinski definition) is 2. The van der Waals surface area contributed by atoms with Gasteiger partial charge in [-0.25, -0.2) is 0 Å². The minimum Gasteiger partial charge on any atom is -0.396 e. The third-order valence-corrected chi connectivity index (χ3v) is 3.08. The van der Waals surface area contributed by atoms with Crippen LogP contribution < -0.4 is 5.73 Å². The third-order valence-electron chi connectivity index (χ3n) is 1.81. The summed E-state index contributed by atoms with van der Waals surface area (Å²) in [5.41, 5.74) is 6.79. The highest BCUT2D eigenvalue weighted by Crippen LogP contribution is 2.27. The largest absolute Gasteiger partial charge is 0.396 e. The molecule has 0 amide bonds. The van der Waals surface area contributed by atoms with Gasteiger partial charge < -0.3 is 10.8 Å². The van der Waals surface area contributed by atoms with Crippen molar-refractivity contribution in [2.24, 2.45) is 5.73 Å². The van der Waals surface area contributed by atoms with E-state index in [1.54, 1.807) is 0 Å². The van der Waals surface area contributed by atoms with Gasteiger partial charge in [-0.2, -0.15) is 0 Å². The first kappa shape index (κ1) is 11.2. The van der Waals surface area contributed by atoms with Crippen LogP contribution >= 0.6 is 34.2 Å². The fourth-order valence-corrected chi connectivity index (χ4v) is 2.52. The maximum Gasteiger partial charge on any atom is 0.0464 e. The Morgan fingerprint density at radius 3 is 2.77 bits per heavy atom. The van der Waals surface area contributed by atoms with E-state index in [2.05, 4.69) is 22.6 Å². The van der Waals surface area contributed by atoms with Crippen molar-refractivity contribution >= 4 is 34.2 Å². The van der Waals surface area contributed by atoms with Crippen LogP contribution in [-0.4, -0.2) is 11.7 Å². The summed E-state index contributed by atoms with van der Waals surface area (Å²) in [6.45, 7) is 0.0858. The highest BCUT2D eigenvalue weighted by molar-refractivity contribution is 14.1. The molecule has 72 valence electrons. The molecule has 0 fully saturated rings. The number of aliphatic hydroxyl groups is 1. The van der Waals surface area contributed by atoms with Crippen molar-refractivity contribution in [2.75, 3.05) is 6.61 Å². The summed E-state index contributed by atoms with van der Waals surface area (Å²) in [7, 11) is 0. The molecule has 1 rings (SSSR count).